The van der Waals surface area contributed by atoms with E-state index in [1.54, 1.807) is 23.5 Å². The van der Waals surface area contributed by atoms with Crippen molar-refractivity contribution < 1.29 is 14.6 Å². The average Bonchev–Trinajstić information content (AvgIpc) is 2.96. The van der Waals surface area contributed by atoms with Gasteiger partial charge in [-0.15, -0.1) is 11.3 Å². The number of phenolic OH excluding ortho intramolecular Hbond substituents is 1. The minimum Gasteiger partial charge on any atom is -0.508 e. The lowest BCUT2D eigenvalue weighted by Crippen LogP contribution is -2.46. The van der Waals surface area contributed by atoms with Crippen LogP contribution in [0.3, 0.4) is 0 Å². The van der Waals surface area contributed by atoms with Crippen LogP contribution in [0, 0.1) is 0 Å². The molecule has 21 heavy (non-hydrogen) atoms. The van der Waals surface area contributed by atoms with Crippen molar-refractivity contribution in [3.05, 3.63) is 46.8 Å². The number of carbonyl (C=O) groups excluding carboxylic acids is 1. The van der Waals surface area contributed by atoms with Gasteiger partial charge in [0.1, 0.15) is 5.75 Å². The zero-order valence-electron chi connectivity index (χ0n) is 11.3. The summed E-state index contributed by atoms with van der Waals surface area (Å²) in [5.74, 6) is -0.102. The van der Waals surface area contributed by atoms with Crippen LogP contribution in [-0.4, -0.2) is 23.8 Å². The zero-order chi connectivity index (χ0) is 14.7. The van der Waals surface area contributed by atoms with Crippen molar-refractivity contribution >= 4 is 22.3 Å². The predicted octanol–water partition coefficient (Wildman–Crippen LogP) is 2.08. The molecule has 5 nitrogen and oxygen atoms in total. The molecular formula is C15H16N2O3S. The van der Waals surface area contributed by atoms with Crippen LogP contribution in [0.5, 0.6) is 5.75 Å². The second-order valence-electron chi connectivity index (χ2n) is 4.78. The maximum Gasteiger partial charge on any atom is 0.343 e. The summed E-state index contributed by atoms with van der Waals surface area (Å²) in [6.45, 7) is 0.901. The number of anilines is 1. The van der Waals surface area contributed by atoms with E-state index >= 15 is 0 Å². The van der Waals surface area contributed by atoms with Crippen LogP contribution < -0.4 is 10.6 Å². The molecule has 0 spiro atoms. The number of aromatic hydroxyl groups is 1. The normalized spacial score (nSPS) is 16.9. The molecule has 0 fully saturated rings. The monoisotopic (exact) mass is 304 g/mol. The first kappa shape index (κ1) is 13.9. The van der Waals surface area contributed by atoms with E-state index in [-0.39, 0.29) is 18.3 Å². The molecule has 6 heteroatoms. The maximum absolute atomic E-state index is 12.0. The Morgan fingerprint density at radius 3 is 3.10 bits per heavy atom. The molecule has 1 atom stereocenters. The van der Waals surface area contributed by atoms with Crippen LogP contribution in [-0.2, 0) is 22.5 Å². The van der Waals surface area contributed by atoms with Gasteiger partial charge in [-0.1, -0.05) is 18.2 Å². The van der Waals surface area contributed by atoms with Gasteiger partial charge in [-0.3, -0.25) is 5.32 Å². The summed E-state index contributed by atoms with van der Waals surface area (Å²) < 4.78 is 5.26. The summed E-state index contributed by atoms with van der Waals surface area (Å²) in [6, 6.07) is 9.08. The van der Waals surface area contributed by atoms with Gasteiger partial charge in [0.2, 0.25) is 0 Å². The SMILES string of the molecule is O=C(OCCc1ccccc1O)C1NCc2ccsc2N1. The van der Waals surface area contributed by atoms with Gasteiger partial charge >= 0.3 is 5.97 Å². The van der Waals surface area contributed by atoms with E-state index in [9.17, 15) is 9.90 Å². The van der Waals surface area contributed by atoms with Crippen LogP contribution in [0.15, 0.2) is 35.7 Å². The first-order valence-corrected chi connectivity index (χ1v) is 7.62. The number of benzene rings is 1. The fraction of sp³-hybridized carbons (Fsp3) is 0.267. The number of carbonyl (C=O) groups is 1. The summed E-state index contributed by atoms with van der Waals surface area (Å²) in [7, 11) is 0. The van der Waals surface area contributed by atoms with Gasteiger partial charge in [0.15, 0.2) is 6.17 Å². The van der Waals surface area contributed by atoms with E-state index in [1.165, 1.54) is 5.56 Å². The van der Waals surface area contributed by atoms with E-state index < -0.39 is 6.17 Å². The van der Waals surface area contributed by atoms with E-state index in [0.29, 0.717) is 13.0 Å². The van der Waals surface area contributed by atoms with Crippen LogP contribution in [0.2, 0.25) is 0 Å². The second kappa shape index (κ2) is 6.15. The highest BCUT2D eigenvalue weighted by Gasteiger charge is 2.25. The van der Waals surface area contributed by atoms with Gasteiger partial charge in [0.05, 0.1) is 11.6 Å². The molecule has 0 bridgehead atoms. The summed E-state index contributed by atoms with van der Waals surface area (Å²) in [5, 5.41) is 18.9. The Balaban J connectivity index is 1.50. The van der Waals surface area contributed by atoms with Crippen LogP contribution in [0.1, 0.15) is 11.1 Å². The van der Waals surface area contributed by atoms with Gasteiger partial charge in [-0.05, 0) is 23.1 Å². The third-order valence-electron chi connectivity index (χ3n) is 3.36. The molecule has 1 aromatic heterocycles. The number of hydrogen-bond acceptors (Lipinski definition) is 6. The Kier molecular flexibility index (Phi) is 4.08. The Morgan fingerprint density at radius 1 is 1.38 bits per heavy atom. The van der Waals surface area contributed by atoms with Crippen LogP contribution in [0.25, 0.3) is 0 Å². The fourth-order valence-corrected chi connectivity index (χ4v) is 3.05. The third kappa shape index (κ3) is 3.17. The molecule has 3 N–H and O–H groups in total. The summed E-state index contributed by atoms with van der Waals surface area (Å²) >= 11 is 1.58. The largest absolute Gasteiger partial charge is 0.508 e. The van der Waals surface area contributed by atoms with Crippen LogP contribution in [0.4, 0.5) is 5.00 Å². The van der Waals surface area contributed by atoms with Crippen molar-refractivity contribution in [1.82, 2.24) is 5.32 Å². The van der Waals surface area contributed by atoms with E-state index in [0.717, 1.165) is 10.6 Å². The van der Waals surface area contributed by atoms with E-state index in [4.69, 9.17) is 4.74 Å². The number of fused-ring (bicyclic) bond motifs is 1. The van der Waals surface area contributed by atoms with E-state index in [1.807, 2.05) is 23.6 Å². The first-order valence-electron chi connectivity index (χ1n) is 6.74. The molecule has 3 rings (SSSR count). The zero-order valence-corrected chi connectivity index (χ0v) is 12.2. The van der Waals surface area contributed by atoms with Crippen molar-refractivity contribution in [1.29, 1.82) is 0 Å². The molecule has 1 aliphatic rings. The first-order chi connectivity index (χ1) is 10.2. The number of nitrogens with one attached hydrogen (secondary N) is 2. The highest BCUT2D eigenvalue weighted by Crippen LogP contribution is 2.26. The van der Waals surface area contributed by atoms with Gasteiger partial charge in [-0.2, -0.15) is 0 Å². The molecule has 1 aromatic carbocycles. The molecule has 0 aliphatic carbocycles. The third-order valence-corrected chi connectivity index (χ3v) is 4.25. The highest BCUT2D eigenvalue weighted by atomic mass is 32.1. The molecule has 0 amide bonds. The number of rotatable bonds is 4. The van der Waals surface area contributed by atoms with Crippen molar-refractivity contribution in [2.45, 2.75) is 19.1 Å². The quantitative estimate of drug-likeness (QED) is 0.755. The van der Waals surface area contributed by atoms with Gasteiger partial charge < -0.3 is 15.2 Å². The maximum atomic E-state index is 12.0. The van der Waals surface area contributed by atoms with Gasteiger partial charge in [0, 0.05) is 18.5 Å². The second-order valence-corrected chi connectivity index (χ2v) is 5.70. The summed E-state index contributed by atoms with van der Waals surface area (Å²) in [5.41, 5.74) is 1.94. The number of ether oxygens (including phenoxy) is 1. The Hall–Kier alpha value is -2.05. The molecule has 110 valence electrons. The lowest BCUT2D eigenvalue weighted by molar-refractivity contribution is -0.145. The Morgan fingerprint density at radius 2 is 2.24 bits per heavy atom. The van der Waals surface area contributed by atoms with Gasteiger partial charge in [-0.25, -0.2) is 4.79 Å². The molecule has 0 saturated carbocycles. The van der Waals surface area contributed by atoms with Crippen molar-refractivity contribution in [3.8, 4) is 5.75 Å². The van der Waals surface area contributed by atoms with Crippen molar-refractivity contribution in [2.75, 3.05) is 11.9 Å². The minimum absolute atomic E-state index is 0.227. The average molecular weight is 304 g/mol. The van der Waals surface area contributed by atoms with Crippen molar-refractivity contribution in [2.24, 2.45) is 0 Å². The highest BCUT2D eigenvalue weighted by molar-refractivity contribution is 7.14. The topological polar surface area (TPSA) is 70.6 Å². The number of phenols is 1. The molecule has 0 saturated heterocycles. The fourth-order valence-electron chi connectivity index (χ4n) is 2.21. The summed E-state index contributed by atoms with van der Waals surface area (Å²) in [4.78, 5) is 12.0. The lowest BCUT2D eigenvalue weighted by Gasteiger charge is -2.24. The number of para-hydroxylation sites is 1. The molecule has 2 aromatic rings. The molecule has 1 unspecified atom stereocenters. The molecule has 2 heterocycles. The minimum atomic E-state index is -0.513. The smallest absolute Gasteiger partial charge is 0.343 e. The number of esters is 1. The molecule has 1 aliphatic heterocycles. The lowest BCUT2D eigenvalue weighted by atomic mass is 10.1. The Bertz CT molecular complexity index is 641. The standard InChI is InChI=1S/C15H16N2O3S/c18-12-4-2-1-3-10(12)5-7-20-15(19)13-16-9-11-6-8-21-14(11)17-13/h1-4,6,8,13,16-18H,5,7,9H2. The van der Waals surface area contributed by atoms with Crippen molar-refractivity contribution in [3.63, 3.8) is 0 Å². The molecular weight excluding hydrogens is 288 g/mol. The van der Waals surface area contributed by atoms with Gasteiger partial charge in [0.25, 0.3) is 0 Å². The number of thiophene rings is 1. The van der Waals surface area contributed by atoms with E-state index in [2.05, 4.69) is 10.6 Å². The van der Waals surface area contributed by atoms with Crippen LogP contribution >= 0.6 is 11.3 Å². The number of hydrogen-bond donors (Lipinski definition) is 3. The Labute approximate surface area is 126 Å². The molecule has 0 radical (unpaired) electrons. The summed E-state index contributed by atoms with van der Waals surface area (Å²) in [6.07, 6.45) is -0.0180. The predicted molar refractivity (Wildman–Crippen MR) is 81.3 cm³/mol.